The summed E-state index contributed by atoms with van der Waals surface area (Å²) in [6.07, 6.45) is 0. The average molecular weight is 271 g/mol. The number of Topliss-reactive ketones (excluding diaryl/α,β-unsaturated/α-hetero) is 1. The highest BCUT2D eigenvalue weighted by Gasteiger charge is 2.16. The second-order valence-corrected chi connectivity index (χ2v) is 4.25. The Morgan fingerprint density at radius 2 is 1.80 bits per heavy atom. The minimum atomic E-state index is -0.534. The van der Waals surface area contributed by atoms with Crippen LogP contribution in [0.1, 0.15) is 15.9 Å². The van der Waals surface area contributed by atoms with Gasteiger partial charge in [-0.1, -0.05) is 36.4 Å². The molecule has 0 bridgehead atoms. The Morgan fingerprint density at radius 3 is 2.50 bits per heavy atom. The van der Waals surface area contributed by atoms with Gasteiger partial charge in [0, 0.05) is 11.6 Å². The largest absolute Gasteiger partial charge is 0.478 e. The van der Waals surface area contributed by atoms with Gasteiger partial charge in [-0.2, -0.15) is 0 Å². The van der Waals surface area contributed by atoms with Crippen molar-refractivity contribution in [1.82, 2.24) is 0 Å². The minimum Gasteiger partial charge on any atom is -0.478 e. The number of ether oxygens (including phenoxy) is 1. The van der Waals surface area contributed by atoms with Crippen molar-refractivity contribution in [2.45, 2.75) is 6.92 Å². The van der Waals surface area contributed by atoms with Crippen molar-refractivity contribution < 1.29 is 14.5 Å². The van der Waals surface area contributed by atoms with Gasteiger partial charge in [-0.25, -0.2) is 0 Å². The molecule has 20 heavy (non-hydrogen) atoms. The molecule has 0 aliphatic carbocycles. The smallest absolute Gasteiger partial charge is 0.310 e. The number of ketones is 1. The monoisotopic (exact) mass is 271 g/mol. The predicted octanol–water partition coefficient (Wildman–Crippen LogP) is 3.16. The Morgan fingerprint density at radius 1 is 1.15 bits per heavy atom. The lowest BCUT2D eigenvalue weighted by molar-refractivity contribution is -0.385. The molecule has 102 valence electrons. The van der Waals surface area contributed by atoms with E-state index in [1.165, 1.54) is 12.1 Å². The Bertz CT molecular complexity index is 652. The van der Waals surface area contributed by atoms with Crippen LogP contribution in [0.4, 0.5) is 5.69 Å². The number of rotatable bonds is 5. The molecule has 0 fully saturated rings. The molecule has 2 rings (SSSR count). The summed E-state index contributed by atoms with van der Waals surface area (Å²) in [5.41, 5.74) is 1.26. The highest BCUT2D eigenvalue weighted by atomic mass is 16.6. The Labute approximate surface area is 116 Å². The summed E-state index contributed by atoms with van der Waals surface area (Å²) in [5, 5.41) is 10.8. The number of aryl methyl sites for hydroxylation is 1. The standard InChI is InChI=1S/C15H13NO4/c1-11-6-2-3-7-12(11)14(17)10-20-15-9-5-4-8-13(15)16(18)19/h2-9H,10H2,1H3. The summed E-state index contributed by atoms with van der Waals surface area (Å²) < 4.78 is 5.28. The quantitative estimate of drug-likeness (QED) is 0.476. The molecule has 0 aromatic heterocycles. The molecule has 0 N–H and O–H groups in total. The van der Waals surface area contributed by atoms with Crippen LogP contribution in [0.3, 0.4) is 0 Å². The number of nitro benzene ring substituents is 1. The molecule has 0 aliphatic rings. The van der Waals surface area contributed by atoms with Crippen LogP contribution in [-0.2, 0) is 0 Å². The maximum absolute atomic E-state index is 12.0. The summed E-state index contributed by atoms with van der Waals surface area (Å²) in [7, 11) is 0. The van der Waals surface area contributed by atoms with E-state index in [9.17, 15) is 14.9 Å². The minimum absolute atomic E-state index is 0.0967. The van der Waals surface area contributed by atoms with E-state index in [4.69, 9.17) is 4.74 Å². The zero-order valence-corrected chi connectivity index (χ0v) is 10.9. The lowest BCUT2D eigenvalue weighted by Crippen LogP contribution is -2.13. The normalized spacial score (nSPS) is 10.1. The van der Waals surface area contributed by atoms with E-state index < -0.39 is 4.92 Å². The van der Waals surface area contributed by atoms with Crippen LogP contribution in [0.2, 0.25) is 0 Å². The molecule has 0 saturated heterocycles. The van der Waals surface area contributed by atoms with E-state index in [0.29, 0.717) is 5.56 Å². The summed E-state index contributed by atoms with van der Waals surface area (Å²) in [5.74, 6) is -0.110. The number of para-hydroxylation sites is 2. The molecule has 0 radical (unpaired) electrons. The van der Waals surface area contributed by atoms with E-state index >= 15 is 0 Å². The summed E-state index contributed by atoms with van der Waals surface area (Å²) in [6.45, 7) is 1.61. The van der Waals surface area contributed by atoms with Crippen LogP contribution >= 0.6 is 0 Å². The first-order valence-corrected chi connectivity index (χ1v) is 6.04. The van der Waals surface area contributed by atoms with Crippen molar-refractivity contribution in [2.24, 2.45) is 0 Å². The van der Waals surface area contributed by atoms with Crippen molar-refractivity contribution >= 4 is 11.5 Å². The van der Waals surface area contributed by atoms with Gasteiger partial charge >= 0.3 is 5.69 Å². The van der Waals surface area contributed by atoms with Crippen molar-refractivity contribution in [1.29, 1.82) is 0 Å². The molecule has 0 atom stereocenters. The zero-order chi connectivity index (χ0) is 14.5. The van der Waals surface area contributed by atoms with E-state index in [1.807, 2.05) is 19.1 Å². The number of nitrogens with zero attached hydrogens (tertiary/aromatic N) is 1. The number of benzene rings is 2. The lowest BCUT2D eigenvalue weighted by Gasteiger charge is -2.07. The first-order chi connectivity index (χ1) is 9.59. The average Bonchev–Trinajstić information content (AvgIpc) is 2.45. The fraction of sp³-hybridized carbons (Fsp3) is 0.133. The molecule has 0 heterocycles. The number of hydrogen-bond donors (Lipinski definition) is 0. The van der Waals surface area contributed by atoms with Crippen LogP contribution in [0.5, 0.6) is 5.75 Å². The maximum Gasteiger partial charge on any atom is 0.310 e. The number of hydrogen-bond acceptors (Lipinski definition) is 4. The van der Waals surface area contributed by atoms with Gasteiger partial charge in [-0.15, -0.1) is 0 Å². The molecule has 5 nitrogen and oxygen atoms in total. The SMILES string of the molecule is Cc1ccccc1C(=O)COc1ccccc1[N+](=O)[O-]. The summed E-state index contributed by atoms with van der Waals surface area (Å²) >= 11 is 0. The molecular formula is C15H13NO4. The predicted molar refractivity (Wildman–Crippen MR) is 74.1 cm³/mol. The molecule has 0 amide bonds. The molecule has 2 aromatic carbocycles. The first kappa shape index (κ1) is 13.7. The molecular weight excluding hydrogens is 258 g/mol. The van der Waals surface area contributed by atoms with Crippen molar-refractivity contribution in [3.63, 3.8) is 0 Å². The molecule has 0 aliphatic heterocycles. The Balaban J connectivity index is 2.12. The molecule has 0 unspecified atom stereocenters. The van der Waals surface area contributed by atoms with Crippen LogP contribution in [-0.4, -0.2) is 17.3 Å². The molecule has 0 spiro atoms. The third kappa shape index (κ3) is 3.00. The molecule has 2 aromatic rings. The van der Waals surface area contributed by atoms with Gasteiger partial charge in [0.25, 0.3) is 0 Å². The zero-order valence-electron chi connectivity index (χ0n) is 10.9. The van der Waals surface area contributed by atoms with E-state index in [-0.39, 0.29) is 23.8 Å². The fourth-order valence-corrected chi connectivity index (χ4v) is 1.84. The van der Waals surface area contributed by atoms with Crippen LogP contribution < -0.4 is 4.74 Å². The highest BCUT2D eigenvalue weighted by Crippen LogP contribution is 2.25. The van der Waals surface area contributed by atoms with Crippen LogP contribution in [0, 0.1) is 17.0 Å². The lowest BCUT2D eigenvalue weighted by atomic mass is 10.1. The highest BCUT2D eigenvalue weighted by molar-refractivity contribution is 5.98. The second-order valence-electron chi connectivity index (χ2n) is 4.25. The van der Waals surface area contributed by atoms with Gasteiger partial charge in [-0.3, -0.25) is 14.9 Å². The second kappa shape index (κ2) is 5.97. The van der Waals surface area contributed by atoms with Gasteiger partial charge in [0.2, 0.25) is 0 Å². The summed E-state index contributed by atoms with van der Waals surface area (Å²) in [4.78, 5) is 22.3. The van der Waals surface area contributed by atoms with E-state index in [0.717, 1.165) is 5.56 Å². The van der Waals surface area contributed by atoms with E-state index in [2.05, 4.69) is 0 Å². The topological polar surface area (TPSA) is 69.4 Å². The Hall–Kier alpha value is -2.69. The third-order valence-corrected chi connectivity index (χ3v) is 2.87. The van der Waals surface area contributed by atoms with Crippen molar-refractivity contribution in [3.05, 3.63) is 69.8 Å². The fourth-order valence-electron chi connectivity index (χ4n) is 1.84. The van der Waals surface area contributed by atoms with E-state index in [1.54, 1.807) is 24.3 Å². The summed E-state index contributed by atoms with van der Waals surface area (Å²) in [6, 6.07) is 13.1. The first-order valence-electron chi connectivity index (χ1n) is 6.04. The van der Waals surface area contributed by atoms with Gasteiger partial charge in [0.1, 0.15) is 0 Å². The van der Waals surface area contributed by atoms with Crippen LogP contribution in [0.25, 0.3) is 0 Å². The van der Waals surface area contributed by atoms with Gasteiger partial charge in [0.05, 0.1) is 4.92 Å². The van der Waals surface area contributed by atoms with Gasteiger partial charge in [-0.05, 0) is 18.6 Å². The number of nitro groups is 1. The van der Waals surface area contributed by atoms with Gasteiger partial charge < -0.3 is 4.74 Å². The maximum atomic E-state index is 12.0. The van der Waals surface area contributed by atoms with Gasteiger partial charge in [0.15, 0.2) is 18.1 Å². The third-order valence-electron chi connectivity index (χ3n) is 2.87. The molecule has 0 saturated carbocycles. The number of carbonyl (C=O) groups excluding carboxylic acids is 1. The van der Waals surface area contributed by atoms with Crippen molar-refractivity contribution in [3.8, 4) is 5.75 Å². The van der Waals surface area contributed by atoms with Crippen molar-refractivity contribution in [2.75, 3.05) is 6.61 Å². The number of carbonyl (C=O) groups is 1. The molecule has 5 heteroatoms. The van der Waals surface area contributed by atoms with Crippen LogP contribution in [0.15, 0.2) is 48.5 Å². The Kier molecular flexibility index (Phi) is 4.10.